The molecule has 0 aliphatic heterocycles. The predicted molar refractivity (Wildman–Crippen MR) is 46.6 cm³/mol. The summed E-state index contributed by atoms with van der Waals surface area (Å²) in [6.45, 7) is 7.64. The maximum Gasteiger partial charge on any atom is 0.311 e. The Bertz CT molecular complexity index is 134. The third-order valence-corrected chi connectivity index (χ3v) is 1.54. The van der Waals surface area contributed by atoms with Crippen molar-refractivity contribution in [3.05, 3.63) is 6.92 Å². The van der Waals surface area contributed by atoms with Gasteiger partial charge in [0.2, 0.25) is 0 Å². The average Bonchev–Trinajstić information content (AvgIpc) is 2.04. The van der Waals surface area contributed by atoms with Crippen molar-refractivity contribution < 1.29 is 14.3 Å². The van der Waals surface area contributed by atoms with Crippen LogP contribution in [0.1, 0.15) is 20.3 Å². The molecule has 0 aromatic heterocycles. The number of carbonyl (C=O) groups excluding carboxylic acids is 1. The number of rotatable bonds is 5. The van der Waals surface area contributed by atoms with Crippen LogP contribution in [0.15, 0.2) is 0 Å². The lowest BCUT2D eigenvalue weighted by molar-refractivity contribution is -0.154. The van der Waals surface area contributed by atoms with Crippen LogP contribution in [0.25, 0.3) is 0 Å². The van der Waals surface area contributed by atoms with Gasteiger partial charge >= 0.3 is 5.97 Å². The minimum atomic E-state index is -0.215. The Kier molecular flexibility index (Phi) is 5.72. The van der Waals surface area contributed by atoms with E-state index < -0.39 is 0 Å². The van der Waals surface area contributed by atoms with Gasteiger partial charge in [0.05, 0.1) is 18.6 Å². The molecule has 0 N–H and O–H groups in total. The molecule has 0 aromatic carbocycles. The van der Waals surface area contributed by atoms with Gasteiger partial charge in [-0.1, -0.05) is 0 Å². The molecule has 3 nitrogen and oxygen atoms in total. The fraction of sp³-hybridized carbons (Fsp3) is 0.778. The van der Waals surface area contributed by atoms with E-state index in [2.05, 4.69) is 6.92 Å². The molecule has 0 aliphatic rings. The van der Waals surface area contributed by atoms with Gasteiger partial charge < -0.3 is 9.47 Å². The highest BCUT2D eigenvalue weighted by molar-refractivity contribution is 5.72. The summed E-state index contributed by atoms with van der Waals surface area (Å²) >= 11 is 0. The topological polar surface area (TPSA) is 35.5 Å². The van der Waals surface area contributed by atoms with Crippen molar-refractivity contribution in [2.45, 2.75) is 26.4 Å². The van der Waals surface area contributed by atoms with Gasteiger partial charge in [-0.3, -0.25) is 4.79 Å². The predicted octanol–water partition coefficient (Wildman–Crippen LogP) is 1.42. The van der Waals surface area contributed by atoms with E-state index in [0.717, 1.165) is 0 Å². The van der Waals surface area contributed by atoms with Crippen molar-refractivity contribution in [2.75, 3.05) is 13.7 Å². The Balaban J connectivity index is 3.70. The fourth-order valence-corrected chi connectivity index (χ4v) is 0.691. The van der Waals surface area contributed by atoms with E-state index in [9.17, 15) is 4.79 Å². The molecule has 1 radical (unpaired) electrons. The van der Waals surface area contributed by atoms with Crippen LogP contribution in [0.2, 0.25) is 0 Å². The van der Waals surface area contributed by atoms with Crippen molar-refractivity contribution >= 4 is 5.97 Å². The third-order valence-electron chi connectivity index (χ3n) is 1.54. The highest BCUT2D eigenvalue weighted by Crippen LogP contribution is 2.03. The molecular formula is C9H17O3. The number of ether oxygens (including phenoxy) is 2. The highest BCUT2D eigenvalue weighted by atomic mass is 16.5. The highest BCUT2D eigenvalue weighted by Gasteiger charge is 2.15. The first-order valence-electron chi connectivity index (χ1n) is 4.10. The second-order valence-corrected chi connectivity index (χ2v) is 2.89. The van der Waals surface area contributed by atoms with Crippen LogP contribution < -0.4 is 0 Å². The molecule has 0 saturated carbocycles. The molecule has 0 aliphatic carbocycles. The molecule has 0 heterocycles. The molecular weight excluding hydrogens is 156 g/mol. The minimum absolute atomic E-state index is 0.100. The molecule has 71 valence electrons. The first-order valence-corrected chi connectivity index (χ1v) is 4.10. The monoisotopic (exact) mass is 173 g/mol. The lowest BCUT2D eigenvalue weighted by Crippen LogP contribution is -2.23. The summed E-state index contributed by atoms with van der Waals surface area (Å²) < 4.78 is 9.86. The second-order valence-electron chi connectivity index (χ2n) is 2.89. The summed E-state index contributed by atoms with van der Waals surface area (Å²) in [5.74, 6) is -0.406. The standard InChI is InChI=1S/C9H17O3/c1-5-8(3)12-9(10)7(2)6-11-4/h7-8H,1,5-6H2,2-4H3. The van der Waals surface area contributed by atoms with Crippen LogP contribution in [0.5, 0.6) is 0 Å². The average molecular weight is 173 g/mol. The number of esters is 1. The van der Waals surface area contributed by atoms with Crippen molar-refractivity contribution in [1.82, 2.24) is 0 Å². The summed E-state index contributed by atoms with van der Waals surface area (Å²) in [4.78, 5) is 11.2. The first-order chi connectivity index (χ1) is 5.61. The van der Waals surface area contributed by atoms with Crippen molar-refractivity contribution in [3.63, 3.8) is 0 Å². The molecule has 3 heteroatoms. The van der Waals surface area contributed by atoms with Crippen molar-refractivity contribution in [2.24, 2.45) is 5.92 Å². The van der Waals surface area contributed by atoms with Gasteiger partial charge in [0, 0.05) is 7.11 Å². The molecule has 0 spiro atoms. The zero-order valence-corrected chi connectivity index (χ0v) is 8.00. The van der Waals surface area contributed by atoms with E-state index >= 15 is 0 Å². The van der Waals surface area contributed by atoms with E-state index in [1.54, 1.807) is 14.0 Å². The maximum atomic E-state index is 11.2. The maximum absolute atomic E-state index is 11.2. The van der Waals surface area contributed by atoms with Crippen LogP contribution in [-0.2, 0) is 14.3 Å². The molecule has 2 unspecified atom stereocenters. The number of methoxy groups -OCH3 is 1. The van der Waals surface area contributed by atoms with Gasteiger partial charge in [0.25, 0.3) is 0 Å². The van der Waals surface area contributed by atoms with E-state index in [-0.39, 0.29) is 18.0 Å². The van der Waals surface area contributed by atoms with Gasteiger partial charge in [0.15, 0.2) is 0 Å². The number of hydrogen-bond acceptors (Lipinski definition) is 3. The Morgan fingerprint density at radius 2 is 2.08 bits per heavy atom. The van der Waals surface area contributed by atoms with Gasteiger partial charge in [-0.25, -0.2) is 0 Å². The van der Waals surface area contributed by atoms with Gasteiger partial charge in [-0.05, 0) is 27.2 Å². The van der Waals surface area contributed by atoms with Crippen LogP contribution >= 0.6 is 0 Å². The van der Waals surface area contributed by atoms with E-state index in [1.165, 1.54) is 0 Å². The number of carbonyl (C=O) groups is 1. The third kappa shape index (κ3) is 4.34. The Labute approximate surface area is 74.0 Å². The molecule has 2 atom stereocenters. The summed E-state index contributed by atoms with van der Waals surface area (Å²) in [5, 5.41) is 0. The Morgan fingerprint density at radius 3 is 2.50 bits per heavy atom. The van der Waals surface area contributed by atoms with Gasteiger partial charge in [-0.2, -0.15) is 0 Å². The lowest BCUT2D eigenvalue weighted by atomic mass is 10.2. The van der Waals surface area contributed by atoms with Crippen molar-refractivity contribution in [1.29, 1.82) is 0 Å². The largest absolute Gasteiger partial charge is 0.462 e. The minimum Gasteiger partial charge on any atom is -0.462 e. The number of hydrogen-bond donors (Lipinski definition) is 0. The SMILES string of the molecule is [CH2]CC(C)OC(=O)C(C)COC. The lowest BCUT2D eigenvalue weighted by Gasteiger charge is -2.14. The molecule has 12 heavy (non-hydrogen) atoms. The van der Waals surface area contributed by atoms with E-state index in [0.29, 0.717) is 13.0 Å². The molecule has 0 amide bonds. The zero-order valence-electron chi connectivity index (χ0n) is 8.00. The summed E-state index contributed by atoms with van der Waals surface area (Å²) in [6, 6.07) is 0. The van der Waals surface area contributed by atoms with E-state index in [4.69, 9.17) is 9.47 Å². The molecule has 0 fully saturated rings. The smallest absolute Gasteiger partial charge is 0.311 e. The summed E-state index contributed by atoms with van der Waals surface area (Å²) in [5.41, 5.74) is 0. The molecule has 0 rings (SSSR count). The quantitative estimate of drug-likeness (QED) is 0.590. The van der Waals surface area contributed by atoms with Gasteiger partial charge in [0.1, 0.15) is 0 Å². The molecule has 0 bridgehead atoms. The summed E-state index contributed by atoms with van der Waals surface area (Å²) in [7, 11) is 1.56. The van der Waals surface area contributed by atoms with Crippen LogP contribution in [0.3, 0.4) is 0 Å². The normalized spacial score (nSPS) is 15.3. The van der Waals surface area contributed by atoms with Crippen LogP contribution in [0.4, 0.5) is 0 Å². The van der Waals surface area contributed by atoms with Crippen LogP contribution in [-0.4, -0.2) is 25.8 Å². The summed E-state index contributed by atoms with van der Waals surface area (Å²) in [6.07, 6.45) is 0.502. The van der Waals surface area contributed by atoms with Crippen LogP contribution in [0, 0.1) is 12.8 Å². The first kappa shape index (κ1) is 11.4. The van der Waals surface area contributed by atoms with Gasteiger partial charge in [-0.15, -0.1) is 0 Å². The zero-order chi connectivity index (χ0) is 9.56. The Hall–Kier alpha value is -0.570. The second kappa shape index (κ2) is 6.00. The molecule has 0 saturated heterocycles. The Morgan fingerprint density at radius 1 is 1.50 bits per heavy atom. The van der Waals surface area contributed by atoms with E-state index in [1.807, 2.05) is 6.92 Å². The fourth-order valence-electron chi connectivity index (χ4n) is 0.691. The van der Waals surface area contributed by atoms with Crippen molar-refractivity contribution in [3.8, 4) is 0 Å². The molecule has 0 aromatic rings.